The number of ketones is 1. The largest absolute Gasteiger partial charge is 0.295 e. The third-order valence-electron chi connectivity index (χ3n) is 2.49. The minimum absolute atomic E-state index is 0.266. The van der Waals surface area contributed by atoms with Crippen molar-refractivity contribution in [3.05, 3.63) is 24.3 Å². The van der Waals surface area contributed by atoms with Gasteiger partial charge in [-0.05, 0) is 24.3 Å². The normalized spacial score (nSPS) is 37.2. The molecule has 0 spiro atoms. The first-order valence-electron chi connectivity index (χ1n) is 3.66. The second kappa shape index (κ2) is 1.82. The molecule has 0 amide bonds. The fourth-order valence-electron chi connectivity index (χ4n) is 1.75. The van der Waals surface area contributed by atoms with E-state index in [0.29, 0.717) is 18.3 Å². The molecule has 0 bridgehead atoms. The van der Waals surface area contributed by atoms with Crippen LogP contribution in [0.5, 0.6) is 0 Å². The molecule has 0 N–H and O–H groups in total. The van der Waals surface area contributed by atoms with E-state index in [0.717, 1.165) is 6.42 Å². The Hall–Kier alpha value is -0.850. The number of fused-ring (bicyclic) bond motifs is 1. The van der Waals surface area contributed by atoms with Crippen molar-refractivity contribution in [1.29, 1.82) is 0 Å². The molecule has 0 heterocycles. The van der Waals surface area contributed by atoms with Crippen LogP contribution in [0.15, 0.2) is 24.3 Å². The molecule has 2 aliphatic carbocycles. The molecule has 0 aromatic carbocycles. The van der Waals surface area contributed by atoms with Crippen molar-refractivity contribution in [1.82, 2.24) is 0 Å². The average molecular weight is 134 g/mol. The molecular weight excluding hydrogens is 124 g/mol. The molecule has 10 heavy (non-hydrogen) atoms. The molecule has 1 nitrogen and oxygen atoms in total. The number of rotatable bonds is 0. The highest BCUT2D eigenvalue weighted by Crippen LogP contribution is 2.43. The van der Waals surface area contributed by atoms with Gasteiger partial charge in [0.05, 0.1) is 0 Å². The molecule has 2 aliphatic rings. The molecule has 0 saturated heterocycles. The summed E-state index contributed by atoms with van der Waals surface area (Å²) in [7, 11) is 0. The van der Waals surface area contributed by atoms with Gasteiger partial charge in [-0.1, -0.05) is 18.2 Å². The maximum atomic E-state index is 10.9. The predicted octanol–water partition coefficient (Wildman–Crippen LogP) is 1.71. The Bertz CT molecular complexity index is 225. The molecule has 2 atom stereocenters. The Morgan fingerprint density at radius 2 is 2.30 bits per heavy atom. The molecule has 0 aromatic rings. The summed E-state index contributed by atoms with van der Waals surface area (Å²) in [6.45, 7) is 3.89. The van der Waals surface area contributed by atoms with Crippen LogP contribution in [0, 0.1) is 11.8 Å². The zero-order valence-electron chi connectivity index (χ0n) is 5.84. The lowest BCUT2D eigenvalue weighted by atomic mass is 9.65. The predicted molar refractivity (Wildman–Crippen MR) is 39.5 cm³/mol. The molecule has 2 unspecified atom stereocenters. The van der Waals surface area contributed by atoms with E-state index in [1.807, 2.05) is 6.08 Å². The molecular formula is C9H10O. The molecule has 0 radical (unpaired) electrons. The van der Waals surface area contributed by atoms with E-state index in [2.05, 4.69) is 6.58 Å². The van der Waals surface area contributed by atoms with E-state index < -0.39 is 0 Å². The number of allylic oxidation sites excluding steroid dienone is 3. The summed E-state index contributed by atoms with van der Waals surface area (Å²) >= 11 is 0. The third kappa shape index (κ3) is 0.666. The topological polar surface area (TPSA) is 17.1 Å². The smallest absolute Gasteiger partial charge is 0.156 e. The first-order valence-corrected chi connectivity index (χ1v) is 3.66. The Morgan fingerprint density at radius 3 is 2.90 bits per heavy atom. The van der Waals surface area contributed by atoms with Crippen molar-refractivity contribution < 1.29 is 4.79 Å². The van der Waals surface area contributed by atoms with Crippen LogP contribution < -0.4 is 0 Å². The Kier molecular flexibility index (Phi) is 1.07. The summed E-state index contributed by atoms with van der Waals surface area (Å²) < 4.78 is 0. The van der Waals surface area contributed by atoms with Crippen LogP contribution >= 0.6 is 0 Å². The Morgan fingerprint density at radius 1 is 1.50 bits per heavy atom. The minimum Gasteiger partial charge on any atom is -0.295 e. The van der Waals surface area contributed by atoms with Gasteiger partial charge in [0.15, 0.2) is 5.78 Å². The molecule has 52 valence electrons. The third-order valence-corrected chi connectivity index (χ3v) is 2.49. The molecule has 0 aliphatic heterocycles. The molecule has 2 rings (SSSR count). The lowest BCUT2D eigenvalue weighted by molar-refractivity contribution is -0.116. The van der Waals surface area contributed by atoms with Gasteiger partial charge >= 0.3 is 0 Å². The lowest BCUT2D eigenvalue weighted by Gasteiger charge is -2.38. The van der Waals surface area contributed by atoms with E-state index in [4.69, 9.17) is 0 Å². The van der Waals surface area contributed by atoms with E-state index >= 15 is 0 Å². The van der Waals surface area contributed by atoms with E-state index in [1.165, 1.54) is 5.57 Å². The fraction of sp³-hybridized carbons (Fsp3) is 0.444. The van der Waals surface area contributed by atoms with Crippen molar-refractivity contribution in [3.63, 3.8) is 0 Å². The van der Waals surface area contributed by atoms with Gasteiger partial charge in [0.2, 0.25) is 0 Å². The maximum Gasteiger partial charge on any atom is 0.156 e. The zero-order valence-corrected chi connectivity index (χ0v) is 5.84. The average Bonchev–Trinajstić information content (AvgIpc) is 1.92. The first kappa shape index (κ1) is 5.90. The second-order valence-electron chi connectivity index (χ2n) is 3.16. The van der Waals surface area contributed by atoms with Gasteiger partial charge in [0.25, 0.3) is 0 Å². The van der Waals surface area contributed by atoms with E-state index in [1.54, 1.807) is 6.08 Å². The van der Waals surface area contributed by atoms with Crippen LogP contribution in [0.25, 0.3) is 0 Å². The summed E-state index contributed by atoms with van der Waals surface area (Å²) in [5.74, 6) is 1.41. The fourth-order valence-corrected chi connectivity index (χ4v) is 1.75. The monoisotopic (exact) mass is 134 g/mol. The molecule has 0 aromatic heterocycles. The first-order chi connectivity index (χ1) is 4.77. The van der Waals surface area contributed by atoms with Crippen molar-refractivity contribution in [2.24, 2.45) is 11.8 Å². The van der Waals surface area contributed by atoms with E-state index in [-0.39, 0.29) is 5.78 Å². The summed E-state index contributed by atoms with van der Waals surface area (Å²) in [6.07, 6.45) is 5.56. The van der Waals surface area contributed by atoms with Gasteiger partial charge in [0, 0.05) is 6.42 Å². The minimum atomic E-state index is 0.266. The summed E-state index contributed by atoms with van der Waals surface area (Å²) in [6, 6.07) is 0. The zero-order chi connectivity index (χ0) is 7.14. The number of hydrogen-bond acceptors (Lipinski definition) is 1. The number of carbonyl (C=O) groups is 1. The quantitative estimate of drug-likeness (QED) is 0.461. The summed E-state index contributed by atoms with van der Waals surface area (Å²) in [4.78, 5) is 10.9. The SMILES string of the molecule is C=C1CC2C=CC(=O)CC12. The standard InChI is InChI=1S/C9H10O/c1-6-4-7-2-3-8(10)5-9(6)7/h2-3,7,9H,1,4-5H2. The highest BCUT2D eigenvalue weighted by atomic mass is 16.1. The van der Waals surface area contributed by atoms with Gasteiger partial charge in [-0.25, -0.2) is 0 Å². The molecule has 1 fully saturated rings. The van der Waals surface area contributed by atoms with E-state index in [9.17, 15) is 4.79 Å². The van der Waals surface area contributed by atoms with Crippen molar-refractivity contribution in [2.45, 2.75) is 12.8 Å². The lowest BCUT2D eigenvalue weighted by Crippen LogP contribution is -2.31. The number of hydrogen-bond donors (Lipinski definition) is 0. The van der Waals surface area contributed by atoms with Crippen LogP contribution in [0.2, 0.25) is 0 Å². The Balaban J connectivity index is 2.21. The van der Waals surface area contributed by atoms with Gasteiger partial charge in [-0.15, -0.1) is 0 Å². The van der Waals surface area contributed by atoms with Crippen LogP contribution in [-0.2, 0) is 4.79 Å². The van der Waals surface area contributed by atoms with Gasteiger partial charge in [-0.3, -0.25) is 4.79 Å². The number of carbonyl (C=O) groups excluding carboxylic acids is 1. The van der Waals surface area contributed by atoms with Crippen molar-refractivity contribution in [3.8, 4) is 0 Å². The van der Waals surface area contributed by atoms with Crippen LogP contribution in [-0.4, -0.2) is 5.78 Å². The van der Waals surface area contributed by atoms with Crippen molar-refractivity contribution in [2.75, 3.05) is 0 Å². The maximum absolute atomic E-state index is 10.9. The van der Waals surface area contributed by atoms with Gasteiger partial charge in [0.1, 0.15) is 0 Å². The van der Waals surface area contributed by atoms with Gasteiger partial charge in [-0.2, -0.15) is 0 Å². The second-order valence-corrected chi connectivity index (χ2v) is 3.16. The van der Waals surface area contributed by atoms with Crippen LogP contribution in [0.4, 0.5) is 0 Å². The Labute approximate surface area is 60.4 Å². The van der Waals surface area contributed by atoms with Crippen LogP contribution in [0.1, 0.15) is 12.8 Å². The highest BCUT2D eigenvalue weighted by molar-refractivity contribution is 5.91. The molecule has 1 heteroatoms. The van der Waals surface area contributed by atoms with Crippen LogP contribution in [0.3, 0.4) is 0 Å². The summed E-state index contributed by atoms with van der Waals surface area (Å²) in [5.41, 5.74) is 1.27. The summed E-state index contributed by atoms with van der Waals surface area (Å²) in [5, 5.41) is 0. The van der Waals surface area contributed by atoms with Crippen molar-refractivity contribution >= 4 is 5.78 Å². The molecule has 1 saturated carbocycles. The highest BCUT2D eigenvalue weighted by Gasteiger charge is 2.35. The van der Waals surface area contributed by atoms with Gasteiger partial charge < -0.3 is 0 Å².